The summed E-state index contributed by atoms with van der Waals surface area (Å²) in [5, 5.41) is 0. The van der Waals surface area contributed by atoms with Crippen LogP contribution in [0.15, 0.2) is 4.79 Å². The van der Waals surface area contributed by atoms with Gasteiger partial charge in [-0.05, 0) is 68.8 Å². The SMILES string of the molecule is Cc1c(C23CC4CC(CC(C4)C2)C3)nc(=O)[nH]c1CN. The Labute approximate surface area is 119 Å². The van der Waals surface area contributed by atoms with Crippen molar-refractivity contribution in [3.63, 3.8) is 0 Å². The Morgan fingerprint density at radius 3 is 2.25 bits per heavy atom. The number of H-pyrrole nitrogens is 1. The number of nitrogens with one attached hydrogen (secondary N) is 1. The molecule has 0 aromatic carbocycles. The van der Waals surface area contributed by atoms with Crippen LogP contribution in [0.4, 0.5) is 0 Å². The molecule has 0 aliphatic heterocycles. The van der Waals surface area contributed by atoms with Gasteiger partial charge in [0, 0.05) is 17.7 Å². The summed E-state index contributed by atoms with van der Waals surface area (Å²) in [5.74, 6) is 2.59. The lowest BCUT2D eigenvalue weighted by atomic mass is 9.48. The van der Waals surface area contributed by atoms with Crippen molar-refractivity contribution in [2.24, 2.45) is 23.5 Å². The van der Waals surface area contributed by atoms with Gasteiger partial charge < -0.3 is 10.7 Å². The summed E-state index contributed by atoms with van der Waals surface area (Å²) >= 11 is 0. The van der Waals surface area contributed by atoms with Crippen LogP contribution in [0, 0.1) is 24.7 Å². The molecule has 4 fully saturated rings. The normalized spacial score (nSPS) is 38.4. The van der Waals surface area contributed by atoms with Crippen LogP contribution in [0.5, 0.6) is 0 Å². The van der Waals surface area contributed by atoms with Crippen LogP contribution < -0.4 is 11.4 Å². The van der Waals surface area contributed by atoms with Crippen LogP contribution in [0.1, 0.15) is 55.5 Å². The number of hydrogen-bond donors (Lipinski definition) is 2. The van der Waals surface area contributed by atoms with Crippen LogP contribution >= 0.6 is 0 Å². The molecule has 4 bridgehead atoms. The molecular weight excluding hydrogens is 250 g/mol. The number of nitrogens with two attached hydrogens (primary N) is 1. The number of hydrogen-bond acceptors (Lipinski definition) is 3. The van der Waals surface area contributed by atoms with Gasteiger partial charge in [-0.3, -0.25) is 0 Å². The quantitative estimate of drug-likeness (QED) is 0.865. The Balaban J connectivity index is 1.85. The topological polar surface area (TPSA) is 71.8 Å². The van der Waals surface area contributed by atoms with Crippen molar-refractivity contribution < 1.29 is 0 Å². The molecule has 108 valence electrons. The Morgan fingerprint density at radius 1 is 1.20 bits per heavy atom. The van der Waals surface area contributed by atoms with E-state index >= 15 is 0 Å². The van der Waals surface area contributed by atoms with Crippen LogP contribution in [0.2, 0.25) is 0 Å². The van der Waals surface area contributed by atoms with E-state index in [1.165, 1.54) is 38.5 Å². The molecule has 0 unspecified atom stereocenters. The Kier molecular flexibility index (Phi) is 2.62. The van der Waals surface area contributed by atoms with E-state index in [1.54, 1.807) is 0 Å². The zero-order chi connectivity index (χ0) is 13.9. The Morgan fingerprint density at radius 2 is 1.75 bits per heavy atom. The van der Waals surface area contributed by atoms with E-state index in [-0.39, 0.29) is 11.1 Å². The Bertz CT molecular complexity index is 569. The van der Waals surface area contributed by atoms with Crippen LogP contribution in [0.3, 0.4) is 0 Å². The van der Waals surface area contributed by atoms with E-state index in [0.29, 0.717) is 6.54 Å². The van der Waals surface area contributed by atoms with Crippen LogP contribution in [-0.2, 0) is 12.0 Å². The summed E-state index contributed by atoms with van der Waals surface area (Å²) in [6.45, 7) is 2.47. The fourth-order valence-corrected chi connectivity index (χ4v) is 5.70. The molecule has 20 heavy (non-hydrogen) atoms. The molecule has 5 rings (SSSR count). The van der Waals surface area contributed by atoms with Gasteiger partial charge in [0.15, 0.2) is 0 Å². The van der Waals surface area contributed by atoms with E-state index in [2.05, 4.69) is 16.9 Å². The number of nitrogens with zero attached hydrogens (tertiary/aromatic N) is 1. The van der Waals surface area contributed by atoms with Crippen LogP contribution in [0.25, 0.3) is 0 Å². The van der Waals surface area contributed by atoms with Crippen molar-refractivity contribution in [3.05, 3.63) is 27.4 Å². The van der Waals surface area contributed by atoms with Crippen molar-refractivity contribution >= 4 is 0 Å². The predicted octanol–water partition coefficient (Wildman–Crippen LogP) is 2.00. The zero-order valence-corrected chi connectivity index (χ0v) is 12.1. The minimum atomic E-state index is -0.221. The van der Waals surface area contributed by atoms with Crippen LogP contribution in [-0.4, -0.2) is 9.97 Å². The van der Waals surface area contributed by atoms with E-state index in [0.717, 1.165) is 34.7 Å². The van der Waals surface area contributed by atoms with Gasteiger partial charge in [-0.15, -0.1) is 0 Å². The van der Waals surface area contributed by atoms with Crippen molar-refractivity contribution in [2.45, 2.75) is 57.4 Å². The minimum Gasteiger partial charge on any atom is -0.325 e. The molecule has 3 N–H and O–H groups in total. The average Bonchev–Trinajstić information content (AvgIpc) is 2.39. The van der Waals surface area contributed by atoms with Gasteiger partial charge in [0.25, 0.3) is 0 Å². The lowest BCUT2D eigenvalue weighted by Crippen LogP contribution is -2.50. The highest BCUT2D eigenvalue weighted by Crippen LogP contribution is 2.60. The van der Waals surface area contributed by atoms with Gasteiger partial charge in [0.1, 0.15) is 0 Å². The largest absolute Gasteiger partial charge is 0.345 e. The molecule has 1 aromatic heterocycles. The van der Waals surface area contributed by atoms with E-state index in [1.807, 2.05) is 0 Å². The molecule has 4 aliphatic rings. The third-order valence-corrected chi connectivity index (χ3v) is 6.02. The van der Waals surface area contributed by atoms with Crippen molar-refractivity contribution in [3.8, 4) is 0 Å². The zero-order valence-electron chi connectivity index (χ0n) is 12.1. The summed E-state index contributed by atoms with van der Waals surface area (Å²) in [6.07, 6.45) is 7.93. The van der Waals surface area contributed by atoms with Gasteiger partial charge in [-0.1, -0.05) is 0 Å². The molecule has 1 aromatic rings. The number of aromatic nitrogens is 2. The summed E-state index contributed by atoms with van der Waals surface area (Å²) in [6, 6.07) is 0. The maximum atomic E-state index is 11.9. The fraction of sp³-hybridized carbons (Fsp3) is 0.750. The average molecular weight is 273 g/mol. The first-order valence-electron chi connectivity index (χ1n) is 7.90. The molecule has 4 saturated carbocycles. The highest BCUT2D eigenvalue weighted by atomic mass is 16.1. The minimum absolute atomic E-state index is 0.178. The van der Waals surface area contributed by atoms with Gasteiger partial charge >= 0.3 is 5.69 Å². The highest BCUT2D eigenvalue weighted by molar-refractivity contribution is 5.32. The van der Waals surface area contributed by atoms with Gasteiger partial charge in [-0.2, -0.15) is 4.98 Å². The Hall–Kier alpha value is -1.16. The second kappa shape index (κ2) is 4.17. The van der Waals surface area contributed by atoms with Gasteiger partial charge in [0.05, 0.1) is 5.69 Å². The summed E-state index contributed by atoms with van der Waals surface area (Å²) < 4.78 is 0. The van der Waals surface area contributed by atoms with E-state index in [4.69, 9.17) is 5.73 Å². The third-order valence-electron chi connectivity index (χ3n) is 6.02. The monoisotopic (exact) mass is 273 g/mol. The first-order chi connectivity index (χ1) is 9.59. The molecule has 4 heteroatoms. The van der Waals surface area contributed by atoms with Crippen molar-refractivity contribution in [1.82, 2.24) is 9.97 Å². The second-order valence-corrected chi connectivity index (χ2v) is 7.40. The molecule has 4 aliphatic carbocycles. The first kappa shape index (κ1) is 12.6. The summed E-state index contributed by atoms with van der Waals surface area (Å²) in [7, 11) is 0. The molecule has 1 heterocycles. The molecule has 0 atom stereocenters. The highest BCUT2D eigenvalue weighted by Gasteiger charge is 2.53. The maximum absolute atomic E-state index is 11.9. The first-order valence-corrected chi connectivity index (χ1v) is 7.90. The van der Waals surface area contributed by atoms with Crippen molar-refractivity contribution in [2.75, 3.05) is 0 Å². The molecule has 4 nitrogen and oxygen atoms in total. The molecule has 0 spiro atoms. The smallest absolute Gasteiger partial charge is 0.325 e. The summed E-state index contributed by atoms with van der Waals surface area (Å²) in [5.41, 5.74) is 8.81. The standard InChI is InChI=1S/C16H23N3O/c1-9-13(8-17)18-15(20)19-14(9)16-5-10-2-11(6-16)4-12(3-10)7-16/h10-12H,2-8,17H2,1H3,(H,18,19,20). The van der Waals surface area contributed by atoms with E-state index in [9.17, 15) is 4.79 Å². The summed E-state index contributed by atoms with van der Waals surface area (Å²) in [4.78, 5) is 19.1. The molecule has 0 amide bonds. The molecule has 0 saturated heterocycles. The fourth-order valence-electron chi connectivity index (χ4n) is 5.70. The van der Waals surface area contributed by atoms with E-state index < -0.39 is 0 Å². The van der Waals surface area contributed by atoms with Gasteiger partial charge in [-0.25, -0.2) is 4.79 Å². The lowest BCUT2D eigenvalue weighted by Gasteiger charge is -2.56. The third kappa shape index (κ3) is 1.70. The lowest BCUT2D eigenvalue weighted by molar-refractivity contribution is -0.00773. The van der Waals surface area contributed by atoms with Gasteiger partial charge in [0.2, 0.25) is 0 Å². The second-order valence-electron chi connectivity index (χ2n) is 7.40. The maximum Gasteiger partial charge on any atom is 0.345 e. The van der Waals surface area contributed by atoms with Crippen molar-refractivity contribution in [1.29, 1.82) is 0 Å². The number of aromatic amines is 1. The predicted molar refractivity (Wildman–Crippen MR) is 77.3 cm³/mol. The number of rotatable bonds is 2. The molecule has 0 radical (unpaired) electrons. The molecular formula is C16H23N3O.